The minimum absolute atomic E-state index is 0.0225. The fourth-order valence-electron chi connectivity index (χ4n) is 2.83. The van der Waals surface area contributed by atoms with Gasteiger partial charge in [0.2, 0.25) is 5.88 Å². The summed E-state index contributed by atoms with van der Waals surface area (Å²) in [6.45, 7) is 3.18. The number of aryl methyl sites for hydroxylation is 1. The zero-order valence-corrected chi connectivity index (χ0v) is 15.8. The molecular weight excluding hydrogens is 354 g/mol. The summed E-state index contributed by atoms with van der Waals surface area (Å²) in [6.07, 6.45) is 2.52. The van der Waals surface area contributed by atoms with E-state index in [1.165, 1.54) is 7.11 Å². The van der Waals surface area contributed by atoms with Crippen molar-refractivity contribution < 1.29 is 22.6 Å². The lowest BCUT2D eigenvalue weighted by atomic mass is 10.2. The number of aromatic nitrogens is 1. The highest BCUT2D eigenvalue weighted by Gasteiger charge is 2.18. The zero-order chi connectivity index (χ0) is 18.6. The van der Waals surface area contributed by atoms with Crippen molar-refractivity contribution in [2.75, 3.05) is 20.3 Å². The summed E-state index contributed by atoms with van der Waals surface area (Å²) in [5.74, 6) is 1.14. The maximum Gasteiger partial charge on any atom is 0.213 e. The number of methoxy groups -OCH3 is 1. The van der Waals surface area contributed by atoms with Crippen LogP contribution in [-0.2, 0) is 26.1 Å². The van der Waals surface area contributed by atoms with E-state index < -0.39 is 9.84 Å². The Morgan fingerprint density at radius 2 is 2.00 bits per heavy atom. The van der Waals surface area contributed by atoms with Crippen molar-refractivity contribution in [3.63, 3.8) is 0 Å². The molecule has 1 saturated heterocycles. The van der Waals surface area contributed by atoms with Crippen molar-refractivity contribution in [2.24, 2.45) is 0 Å². The largest absolute Gasteiger partial charge is 0.488 e. The second kappa shape index (κ2) is 8.05. The second-order valence-electron chi connectivity index (χ2n) is 6.43. The lowest BCUT2D eigenvalue weighted by Crippen LogP contribution is -2.15. The summed E-state index contributed by atoms with van der Waals surface area (Å²) in [5.41, 5.74) is 2.27. The van der Waals surface area contributed by atoms with Gasteiger partial charge in [-0.05, 0) is 35.7 Å². The molecular formula is C19H23NO5S. The Morgan fingerprint density at radius 3 is 2.62 bits per heavy atom. The molecule has 1 aliphatic heterocycles. The van der Waals surface area contributed by atoms with Crippen LogP contribution in [0.1, 0.15) is 23.1 Å². The van der Waals surface area contributed by atoms with Gasteiger partial charge in [0.25, 0.3) is 0 Å². The highest BCUT2D eigenvalue weighted by atomic mass is 32.2. The molecule has 0 aliphatic carbocycles. The molecule has 0 radical (unpaired) electrons. The number of pyridine rings is 1. The summed E-state index contributed by atoms with van der Waals surface area (Å²) in [5, 5.41) is 0. The molecule has 1 atom stereocenters. The van der Waals surface area contributed by atoms with Gasteiger partial charge in [-0.3, -0.25) is 0 Å². The maximum absolute atomic E-state index is 12.5. The van der Waals surface area contributed by atoms with Crippen LogP contribution in [-0.4, -0.2) is 39.8 Å². The van der Waals surface area contributed by atoms with E-state index in [4.69, 9.17) is 14.2 Å². The number of rotatable bonds is 7. The third-order valence-electron chi connectivity index (χ3n) is 4.28. The van der Waals surface area contributed by atoms with Crippen LogP contribution in [0, 0.1) is 6.92 Å². The highest BCUT2D eigenvalue weighted by Crippen LogP contribution is 2.21. The molecule has 7 heteroatoms. The molecule has 3 rings (SSSR count). The van der Waals surface area contributed by atoms with Crippen molar-refractivity contribution >= 4 is 9.84 Å². The lowest BCUT2D eigenvalue weighted by Gasteiger charge is -2.12. The number of hydrogen-bond acceptors (Lipinski definition) is 6. The molecule has 1 aliphatic rings. The first-order valence-electron chi connectivity index (χ1n) is 8.48. The van der Waals surface area contributed by atoms with Crippen molar-refractivity contribution in [3.8, 4) is 11.6 Å². The van der Waals surface area contributed by atoms with Gasteiger partial charge in [0.05, 0.1) is 31.8 Å². The Balaban J connectivity index is 1.63. The third-order valence-corrected chi connectivity index (χ3v) is 5.80. The van der Waals surface area contributed by atoms with Gasteiger partial charge < -0.3 is 14.2 Å². The molecule has 1 aromatic heterocycles. The fraction of sp³-hybridized carbons (Fsp3) is 0.421. The summed E-state index contributed by atoms with van der Waals surface area (Å²) in [6, 6.07) is 8.94. The number of benzene rings is 1. The van der Waals surface area contributed by atoms with Gasteiger partial charge in [-0.15, -0.1) is 0 Å². The Kier molecular flexibility index (Phi) is 5.78. The van der Waals surface area contributed by atoms with Gasteiger partial charge in [-0.2, -0.15) is 0 Å². The van der Waals surface area contributed by atoms with E-state index in [1.54, 1.807) is 24.4 Å². The normalized spacial score (nSPS) is 17.2. The molecule has 26 heavy (non-hydrogen) atoms. The molecule has 0 amide bonds. The van der Waals surface area contributed by atoms with E-state index in [-0.39, 0.29) is 17.6 Å². The predicted octanol–water partition coefficient (Wildman–Crippen LogP) is 2.68. The van der Waals surface area contributed by atoms with Gasteiger partial charge in [0.15, 0.2) is 9.84 Å². The Labute approximate surface area is 154 Å². The molecule has 0 saturated carbocycles. The molecule has 2 aromatic rings. The van der Waals surface area contributed by atoms with Gasteiger partial charge in [-0.25, -0.2) is 13.4 Å². The molecule has 0 N–H and O–H groups in total. The fourth-order valence-corrected chi connectivity index (χ4v) is 4.40. The summed E-state index contributed by atoms with van der Waals surface area (Å²) in [4.78, 5) is 4.10. The Morgan fingerprint density at radius 1 is 1.23 bits per heavy atom. The smallest absolute Gasteiger partial charge is 0.213 e. The van der Waals surface area contributed by atoms with E-state index in [2.05, 4.69) is 4.98 Å². The maximum atomic E-state index is 12.5. The predicted molar refractivity (Wildman–Crippen MR) is 98.1 cm³/mol. The van der Waals surface area contributed by atoms with Crippen LogP contribution in [0.25, 0.3) is 0 Å². The van der Waals surface area contributed by atoms with Crippen LogP contribution < -0.4 is 9.47 Å². The summed E-state index contributed by atoms with van der Waals surface area (Å²) in [7, 11) is -1.77. The van der Waals surface area contributed by atoms with Crippen molar-refractivity contribution in [2.45, 2.75) is 31.0 Å². The first-order valence-corrected chi connectivity index (χ1v) is 10.3. The van der Waals surface area contributed by atoms with E-state index in [0.29, 0.717) is 18.1 Å². The van der Waals surface area contributed by atoms with Crippen LogP contribution in [0.4, 0.5) is 0 Å². The molecule has 140 valence electrons. The van der Waals surface area contributed by atoms with Crippen molar-refractivity contribution in [1.29, 1.82) is 0 Å². The number of ether oxygens (including phenoxy) is 3. The average molecular weight is 377 g/mol. The van der Waals surface area contributed by atoms with E-state index >= 15 is 0 Å². The quantitative estimate of drug-likeness (QED) is 0.739. The Bertz CT molecular complexity index is 843. The van der Waals surface area contributed by atoms with Crippen LogP contribution in [0.5, 0.6) is 11.6 Å². The minimum Gasteiger partial charge on any atom is -0.488 e. The number of nitrogens with zero attached hydrogens (tertiary/aromatic N) is 1. The molecule has 2 heterocycles. The van der Waals surface area contributed by atoms with Crippen molar-refractivity contribution in [1.82, 2.24) is 4.98 Å². The highest BCUT2D eigenvalue weighted by molar-refractivity contribution is 7.89. The van der Waals surface area contributed by atoms with Crippen LogP contribution in [0.3, 0.4) is 0 Å². The van der Waals surface area contributed by atoms with Gasteiger partial charge >= 0.3 is 0 Å². The monoisotopic (exact) mass is 377 g/mol. The van der Waals surface area contributed by atoms with E-state index in [0.717, 1.165) is 29.9 Å². The van der Waals surface area contributed by atoms with Crippen LogP contribution in [0.15, 0.2) is 36.5 Å². The molecule has 0 spiro atoms. The standard InChI is InChI=1S/C19H23NO5S/c1-14-9-19(23-2)20-10-16(14)13-26(21,22)12-15-3-5-17(6-4-15)25-18-7-8-24-11-18/h3-6,9-10,18H,7-8,11-13H2,1-2H3. The van der Waals surface area contributed by atoms with E-state index in [9.17, 15) is 8.42 Å². The van der Waals surface area contributed by atoms with Crippen molar-refractivity contribution in [3.05, 3.63) is 53.2 Å². The number of sulfone groups is 1. The van der Waals surface area contributed by atoms with Gasteiger partial charge in [0, 0.05) is 18.7 Å². The number of hydrogen-bond donors (Lipinski definition) is 0. The average Bonchev–Trinajstić information content (AvgIpc) is 3.11. The molecule has 6 nitrogen and oxygen atoms in total. The molecule has 0 bridgehead atoms. The Hall–Kier alpha value is -2.12. The second-order valence-corrected chi connectivity index (χ2v) is 8.50. The topological polar surface area (TPSA) is 74.7 Å². The zero-order valence-electron chi connectivity index (χ0n) is 15.0. The molecule has 1 unspecified atom stereocenters. The lowest BCUT2D eigenvalue weighted by molar-refractivity contribution is 0.141. The summed E-state index contributed by atoms with van der Waals surface area (Å²) < 4.78 is 41.2. The molecule has 1 aromatic carbocycles. The first-order chi connectivity index (χ1) is 12.4. The van der Waals surface area contributed by atoms with E-state index in [1.807, 2.05) is 19.1 Å². The van der Waals surface area contributed by atoms with Gasteiger partial charge in [0.1, 0.15) is 11.9 Å². The minimum atomic E-state index is -3.31. The van der Waals surface area contributed by atoms with Crippen LogP contribution >= 0.6 is 0 Å². The SMILES string of the molecule is COc1cc(C)c(CS(=O)(=O)Cc2ccc(OC3CCOC3)cc2)cn1. The summed E-state index contributed by atoms with van der Waals surface area (Å²) >= 11 is 0. The molecule has 1 fully saturated rings. The van der Waals surface area contributed by atoms with Gasteiger partial charge in [-0.1, -0.05) is 12.1 Å². The third kappa shape index (κ3) is 4.95. The van der Waals surface area contributed by atoms with Crippen LogP contribution in [0.2, 0.25) is 0 Å². The first kappa shape index (κ1) is 18.7.